The minimum Gasteiger partial charge on any atom is -0.870 e. The molecule has 0 aliphatic carbocycles. The molecule has 0 saturated heterocycles. The number of aryl methyl sites for hydroxylation is 1. The third-order valence-electron chi connectivity index (χ3n) is 5.41. The first-order valence-electron chi connectivity index (χ1n) is 10.6. The molecular formula is C25H18Cl2N3NaO6S. The topological polar surface area (TPSA) is 140 Å². The van der Waals surface area contributed by atoms with Crippen LogP contribution in [0.15, 0.2) is 75.8 Å². The molecular weight excluding hydrogens is 564 g/mol. The Morgan fingerprint density at radius 3 is 2.34 bits per heavy atom. The Morgan fingerprint density at radius 1 is 1.00 bits per heavy atom. The first-order valence-corrected chi connectivity index (χ1v) is 12.8. The van der Waals surface area contributed by atoms with Crippen molar-refractivity contribution in [1.82, 2.24) is 0 Å². The van der Waals surface area contributed by atoms with E-state index in [4.69, 9.17) is 27.9 Å². The normalized spacial score (nSPS) is 11.4. The molecule has 0 aromatic heterocycles. The molecule has 0 aliphatic rings. The number of benzene rings is 4. The summed E-state index contributed by atoms with van der Waals surface area (Å²) in [5.74, 6) is -1.16. The Kier molecular flexibility index (Phi) is 9.43. The summed E-state index contributed by atoms with van der Waals surface area (Å²) >= 11 is 12.3. The van der Waals surface area contributed by atoms with E-state index in [0.29, 0.717) is 16.3 Å². The van der Waals surface area contributed by atoms with Crippen molar-refractivity contribution in [2.24, 2.45) is 10.2 Å². The van der Waals surface area contributed by atoms with E-state index in [1.165, 1.54) is 26.2 Å². The molecule has 0 bridgehead atoms. The Bertz CT molecular complexity index is 1670. The summed E-state index contributed by atoms with van der Waals surface area (Å²) in [5.41, 5.74) is 0.352. The van der Waals surface area contributed by atoms with Gasteiger partial charge in [0.1, 0.15) is 5.69 Å². The maximum Gasteiger partial charge on any atom is 1.00 e. The van der Waals surface area contributed by atoms with Gasteiger partial charge in [-0.3, -0.25) is 9.35 Å². The van der Waals surface area contributed by atoms with Gasteiger partial charge < -0.3 is 15.2 Å². The average Bonchev–Trinajstić information content (AvgIpc) is 2.83. The summed E-state index contributed by atoms with van der Waals surface area (Å²) in [6.07, 6.45) is 0. The number of nitrogens with one attached hydrogen (secondary N) is 1. The second-order valence-corrected chi connectivity index (χ2v) is 10.1. The summed E-state index contributed by atoms with van der Waals surface area (Å²) in [6.45, 7) is 1.52. The fourth-order valence-corrected chi connectivity index (χ4v) is 4.88. The number of methoxy groups -OCH3 is 1. The van der Waals surface area contributed by atoms with E-state index in [-0.39, 0.29) is 68.0 Å². The van der Waals surface area contributed by atoms with Gasteiger partial charge in [-0.2, -0.15) is 13.5 Å². The Balaban J connectivity index is 0.00000400. The molecule has 13 heteroatoms. The molecule has 4 aromatic carbocycles. The van der Waals surface area contributed by atoms with E-state index >= 15 is 0 Å². The predicted molar refractivity (Wildman–Crippen MR) is 140 cm³/mol. The monoisotopic (exact) mass is 581 g/mol. The first kappa shape index (κ1) is 29.9. The average molecular weight is 582 g/mol. The molecule has 0 fully saturated rings. The molecule has 190 valence electrons. The molecule has 0 radical (unpaired) electrons. The van der Waals surface area contributed by atoms with E-state index in [1.54, 1.807) is 42.5 Å². The molecule has 0 unspecified atom stereocenters. The van der Waals surface area contributed by atoms with Gasteiger partial charge in [0.05, 0.1) is 33.4 Å². The van der Waals surface area contributed by atoms with Crippen LogP contribution in [0, 0.1) is 6.92 Å². The molecule has 0 aliphatic heterocycles. The van der Waals surface area contributed by atoms with Crippen LogP contribution < -0.4 is 44.7 Å². The van der Waals surface area contributed by atoms with Crippen molar-refractivity contribution in [1.29, 1.82) is 0 Å². The van der Waals surface area contributed by atoms with Gasteiger partial charge in [-0.15, -0.1) is 5.11 Å². The Hall–Kier alpha value is -2.70. The molecule has 4 aromatic rings. The van der Waals surface area contributed by atoms with Crippen LogP contribution in [0.4, 0.5) is 17.1 Å². The molecule has 9 nitrogen and oxygen atoms in total. The van der Waals surface area contributed by atoms with Crippen LogP contribution in [-0.2, 0) is 10.1 Å². The predicted octanol–water partition coefficient (Wildman–Crippen LogP) is 3.46. The number of azo groups is 1. The number of carbonyl (C=O) groups excluding carboxylic acids is 1. The van der Waals surface area contributed by atoms with E-state index in [0.717, 1.165) is 6.07 Å². The molecule has 0 spiro atoms. The number of hydrogen-bond acceptors (Lipinski definition) is 7. The minimum absolute atomic E-state index is 0. The Morgan fingerprint density at radius 2 is 1.68 bits per heavy atom. The number of para-hydroxylation sites is 1. The minimum atomic E-state index is -4.48. The molecule has 0 heterocycles. The summed E-state index contributed by atoms with van der Waals surface area (Å²) in [6, 6.07) is 15.3. The first-order chi connectivity index (χ1) is 17.5. The number of hydrogen-bond donors (Lipinski definition) is 2. The molecule has 1 amide bonds. The summed E-state index contributed by atoms with van der Waals surface area (Å²) in [5, 5.41) is 25.4. The van der Waals surface area contributed by atoms with Crippen molar-refractivity contribution in [3.05, 3.63) is 81.8 Å². The van der Waals surface area contributed by atoms with Crippen molar-refractivity contribution in [2.45, 2.75) is 11.8 Å². The smallest absolute Gasteiger partial charge is 0.870 e. The van der Waals surface area contributed by atoms with Crippen LogP contribution in [0.2, 0.25) is 10.0 Å². The van der Waals surface area contributed by atoms with E-state index < -0.39 is 26.7 Å². The van der Waals surface area contributed by atoms with Gasteiger partial charge in [0, 0.05) is 10.9 Å². The van der Waals surface area contributed by atoms with Crippen molar-refractivity contribution in [3.8, 4) is 11.5 Å². The van der Waals surface area contributed by atoms with Crippen LogP contribution in [0.5, 0.6) is 11.5 Å². The summed E-state index contributed by atoms with van der Waals surface area (Å²) in [4.78, 5) is 12.7. The fraction of sp³-hybridized carbons (Fsp3) is 0.0800. The van der Waals surface area contributed by atoms with Gasteiger partial charge in [-0.05, 0) is 48.2 Å². The maximum absolute atomic E-state index is 13.4. The van der Waals surface area contributed by atoms with Gasteiger partial charge in [0.25, 0.3) is 16.0 Å². The van der Waals surface area contributed by atoms with Crippen LogP contribution in [0.3, 0.4) is 0 Å². The van der Waals surface area contributed by atoms with Crippen molar-refractivity contribution in [3.63, 3.8) is 0 Å². The number of amides is 1. The van der Waals surface area contributed by atoms with Gasteiger partial charge in [-0.25, -0.2) is 0 Å². The van der Waals surface area contributed by atoms with Crippen LogP contribution in [0.1, 0.15) is 15.9 Å². The van der Waals surface area contributed by atoms with Gasteiger partial charge in [0.15, 0.2) is 5.75 Å². The zero-order valence-corrected chi connectivity index (χ0v) is 24.6. The number of fused-ring (bicyclic) bond motifs is 1. The van der Waals surface area contributed by atoms with Crippen LogP contribution in [0.25, 0.3) is 10.8 Å². The summed E-state index contributed by atoms with van der Waals surface area (Å²) in [7, 11) is -3.08. The third kappa shape index (κ3) is 6.13. The molecule has 0 saturated carbocycles. The number of anilines is 1. The zero-order valence-electron chi connectivity index (χ0n) is 20.3. The van der Waals surface area contributed by atoms with E-state index in [9.17, 15) is 22.9 Å². The van der Waals surface area contributed by atoms with Crippen LogP contribution in [-0.4, -0.2) is 26.0 Å². The van der Waals surface area contributed by atoms with Crippen LogP contribution >= 0.6 is 23.2 Å². The molecule has 38 heavy (non-hydrogen) atoms. The molecule has 2 N–H and O–H groups in total. The van der Waals surface area contributed by atoms with E-state index in [2.05, 4.69) is 15.5 Å². The number of nitrogens with zero attached hydrogens (tertiary/aromatic N) is 2. The summed E-state index contributed by atoms with van der Waals surface area (Å²) < 4.78 is 37.5. The SMILES string of the molecule is COc1c(Cl)cccc1NC(=O)c1cc2ccccc2c(N=Nc2c(C)cc(S(=O)(=O)O)cc2Cl)c1[O-].[Na+]. The zero-order chi connectivity index (χ0) is 26.9. The number of carbonyl (C=O) groups is 1. The quantitative estimate of drug-likeness (QED) is 0.203. The number of halogens is 2. The second kappa shape index (κ2) is 12.0. The van der Waals surface area contributed by atoms with Gasteiger partial charge in [0.2, 0.25) is 0 Å². The third-order valence-corrected chi connectivity index (χ3v) is 6.83. The van der Waals surface area contributed by atoms with E-state index in [1.807, 2.05) is 0 Å². The Labute approximate surface area is 250 Å². The van der Waals surface area contributed by atoms with Gasteiger partial charge >= 0.3 is 29.6 Å². The second-order valence-electron chi connectivity index (χ2n) is 7.84. The van der Waals surface area contributed by atoms with Crippen molar-refractivity contribution < 1.29 is 57.2 Å². The number of ether oxygens (including phenoxy) is 1. The van der Waals surface area contributed by atoms with Crippen molar-refractivity contribution >= 4 is 67.1 Å². The number of rotatable bonds is 6. The standard InChI is InChI=1S/C25H19Cl2N3O6S.Na/c1-13-10-15(37(33,34)35)12-19(27)21(13)29-30-22-16-7-4-3-6-14(16)11-17(23(22)31)25(32)28-20-9-5-8-18(26)24(20)36-2;/h3-12,31H,1-2H3,(H,28,32)(H,33,34,35);/q;+1/p-1. The molecule has 4 rings (SSSR count). The molecule has 0 atom stereocenters. The largest absolute Gasteiger partial charge is 1.00 e. The maximum atomic E-state index is 13.4. The van der Waals surface area contributed by atoms with Gasteiger partial charge in [-0.1, -0.05) is 59.3 Å². The van der Waals surface area contributed by atoms with Crippen molar-refractivity contribution in [2.75, 3.05) is 12.4 Å². The fourth-order valence-electron chi connectivity index (χ4n) is 3.66.